The second-order valence-electron chi connectivity index (χ2n) is 5.28. The van der Waals surface area contributed by atoms with Gasteiger partial charge in [-0.3, -0.25) is 4.79 Å². The van der Waals surface area contributed by atoms with Crippen molar-refractivity contribution >= 4 is 27.5 Å². The van der Waals surface area contributed by atoms with Crippen LogP contribution in [0.25, 0.3) is 21.0 Å². The minimum absolute atomic E-state index is 0.0266. The quantitative estimate of drug-likeness (QED) is 0.767. The summed E-state index contributed by atoms with van der Waals surface area (Å²) in [4.78, 5) is 16.3. The number of carbonyl (C=O) groups excluding carboxylic acids is 1. The van der Waals surface area contributed by atoms with E-state index in [1.54, 1.807) is 11.3 Å². The molecule has 5 heteroatoms. The highest BCUT2D eigenvalue weighted by Crippen LogP contribution is 2.31. The number of fused-ring (bicyclic) bond motifs is 1. The van der Waals surface area contributed by atoms with Crippen molar-refractivity contribution in [2.75, 3.05) is 0 Å². The molecule has 0 aliphatic carbocycles. The summed E-state index contributed by atoms with van der Waals surface area (Å²) in [6.07, 6.45) is 0.834. The molecule has 2 aromatic heterocycles. The van der Waals surface area contributed by atoms with Crippen LogP contribution in [0.15, 0.2) is 40.8 Å². The lowest BCUT2D eigenvalue weighted by atomic mass is 10.1. The molecule has 0 radical (unpaired) electrons. The second-order valence-corrected chi connectivity index (χ2v) is 6.31. The summed E-state index contributed by atoms with van der Waals surface area (Å²) in [5.41, 5.74) is 0.977. The maximum absolute atomic E-state index is 11.8. The predicted octanol–water partition coefficient (Wildman–Crippen LogP) is 4.22. The summed E-state index contributed by atoms with van der Waals surface area (Å²) < 4.78 is 6.94. The molecule has 3 rings (SSSR count). The zero-order chi connectivity index (χ0) is 15.5. The molecule has 0 aliphatic rings. The zero-order valence-electron chi connectivity index (χ0n) is 12.6. The molecule has 1 atom stereocenters. The van der Waals surface area contributed by atoms with Gasteiger partial charge in [-0.05, 0) is 30.7 Å². The largest absolute Gasteiger partial charge is 0.457 e. The Labute approximate surface area is 133 Å². The number of para-hydroxylation sites is 1. The normalized spacial score (nSPS) is 12.5. The number of nitrogens with one attached hydrogen (secondary N) is 1. The number of hydrogen-bond donors (Lipinski definition) is 1. The molecule has 1 amide bonds. The van der Waals surface area contributed by atoms with Gasteiger partial charge in [0.2, 0.25) is 5.91 Å². The fourth-order valence-corrected chi connectivity index (χ4v) is 3.03. The number of rotatable bonds is 5. The molecule has 4 nitrogen and oxygen atoms in total. The molecule has 0 saturated carbocycles. The van der Waals surface area contributed by atoms with E-state index in [1.165, 1.54) is 0 Å². The van der Waals surface area contributed by atoms with Gasteiger partial charge < -0.3 is 9.73 Å². The molecule has 3 aromatic rings. The van der Waals surface area contributed by atoms with Crippen LogP contribution in [0.1, 0.15) is 26.0 Å². The van der Waals surface area contributed by atoms with Crippen molar-refractivity contribution in [2.24, 2.45) is 5.92 Å². The average molecular weight is 314 g/mol. The van der Waals surface area contributed by atoms with E-state index in [2.05, 4.69) is 10.3 Å². The van der Waals surface area contributed by atoms with Crippen molar-refractivity contribution in [3.63, 3.8) is 0 Å². The van der Waals surface area contributed by atoms with Gasteiger partial charge in [0.1, 0.15) is 5.76 Å². The summed E-state index contributed by atoms with van der Waals surface area (Å²) in [5.74, 6) is 1.57. The third-order valence-corrected chi connectivity index (χ3v) is 4.71. The molecule has 0 spiro atoms. The number of hydrogen-bond acceptors (Lipinski definition) is 4. The Morgan fingerprint density at radius 1 is 1.32 bits per heavy atom. The summed E-state index contributed by atoms with van der Waals surface area (Å²) in [6, 6.07) is 11.8. The summed E-state index contributed by atoms with van der Waals surface area (Å²) in [7, 11) is 0. The lowest BCUT2D eigenvalue weighted by Gasteiger charge is -2.08. The van der Waals surface area contributed by atoms with Gasteiger partial charge in [0.15, 0.2) is 10.8 Å². The lowest BCUT2D eigenvalue weighted by Crippen LogP contribution is -2.28. The monoisotopic (exact) mass is 314 g/mol. The number of nitrogens with zero attached hydrogens (tertiary/aromatic N) is 1. The standard InChI is InChI=1S/C17H18N2O2S/c1-3-11(2)16(20)18-10-12-8-9-14(21-12)17-19-13-6-4-5-7-15(13)22-17/h4-9,11H,3,10H2,1-2H3,(H,18,20). The number of carbonyl (C=O) groups is 1. The molecule has 0 aliphatic heterocycles. The van der Waals surface area contributed by atoms with E-state index in [0.29, 0.717) is 6.54 Å². The second kappa shape index (κ2) is 6.32. The third kappa shape index (κ3) is 3.04. The van der Waals surface area contributed by atoms with Crippen LogP contribution >= 0.6 is 11.3 Å². The molecular weight excluding hydrogens is 296 g/mol. The molecule has 0 saturated heterocycles. The van der Waals surface area contributed by atoms with Crippen LogP contribution in [0.4, 0.5) is 0 Å². The number of thiazole rings is 1. The van der Waals surface area contributed by atoms with E-state index in [9.17, 15) is 4.79 Å². The Morgan fingerprint density at radius 3 is 2.91 bits per heavy atom. The summed E-state index contributed by atoms with van der Waals surface area (Å²) in [5, 5.41) is 3.75. The van der Waals surface area contributed by atoms with Crippen molar-refractivity contribution in [3.05, 3.63) is 42.2 Å². The van der Waals surface area contributed by atoms with E-state index in [0.717, 1.165) is 33.2 Å². The maximum atomic E-state index is 11.8. The van der Waals surface area contributed by atoms with Gasteiger partial charge in [0.05, 0.1) is 16.8 Å². The zero-order valence-corrected chi connectivity index (χ0v) is 13.4. The number of amides is 1. The van der Waals surface area contributed by atoms with Gasteiger partial charge in [-0.1, -0.05) is 26.0 Å². The third-order valence-electron chi connectivity index (χ3n) is 3.66. The number of aromatic nitrogens is 1. The van der Waals surface area contributed by atoms with E-state index in [4.69, 9.17) is 4.42 Å². The first kappa shape index (κ1) is 14.8. The van der Waals surface area contributed by atoms with Gasteiger partial charge >= 0.3 is 0 Å². The first-order valence-corrected chi connectivity index (χ1v) is 8.21. The maximum Gasteiger partial charge on any atom is 0.223 e. The lowest BCUT2D eigenvalue weighted by molar-refractivity contribution is -0.124. The molecule has 114 valence electrons. The van der Waals surface area contributed by atoms with Gasteiger partial charge in [-0.25, -0.2) is 4.98 Å². The van der Waals surface area contributed by atoms with E-state index in [1.807, 2.05) is 50.2 Å². The molecule has 0 bridgehead atoms. The fourth-order valence-electron chi connectivity index (χ4n) is 2.10. The van der Waals surface area contributed by atoms with Crippen LogP contribution in [-0.2, 0) is 11.3 Å². The van der Waals surface area contributed by atoms with E-state index in [-0.39, 0.29) is 11.8 Å². The Morgan fingerprint density at radius 2 is 2.14 bits per heavy atom. The molecule has 1 aromatic carbocycles. The van der Waals surface area contributed by atoms with Crippen LogP contribution in [0.5, 0.6) is 0 Å². The van der Waals surface area contributed by atoms with E-state index < -0.39 is 0 Å². The van der Waals surface area contributed by atoms with Crippen LogP contribution in [0.2, 0.25) is 0 Å². The number of benzene rings is 1. The van der Waals surface area contributed by atoms with Crippen LogP contribution in [0.3, 0.4) is 0 Å². The van der Waals surface area contributed by atoms with Crippen molar-refractivity contribution in [2.45, 2.75) is 26.8 Å². The summed E-state index contributed by atoms with van der Waals surface area (Å²) >= 11 is 1.60. The Bertz CT molecular complexity index is 758. The van der Waals surface area contributed by atoms with Crippen molar-refractivity contribution < 1.29 is 9.21 Å². The molecule has 0 fully saturated rings. The van der Waals surface area contributed by atoms with Crippen molar-refractivity contribution in [3.8, 4) is 10.8 Å². The minimum Gasteiger partial charge on any atom is -0.457 e. The molecule has 1 N–H and O–H groups in total. The number of furan rings is 1. The highest BCUT2D eigenvalue weighted by Gasteiger charge is 2.13. The van der Waals surface area contributed by atoms with Crippen LogP contribution < -0.4 is 5.32 Å². The van der Waals surface area contributed by atoms with Crippen molar-refractivity contribution in [1.29, 1.82) is 0 Å². The van der Waals surface area contributed by atoms with Gasteiger partial charge in [0, 0.05) is 5.92 Å². The minimum atomic E-state index is 0.0266. The smallest absolute Gasteiger partial charge is 0.223 e. The molecule has 2 heterocycles. The Hall–Kier alpha value is -2.14. The van der Waals surface area contributed by atoms with Crippen LogP contribution in [-0.4, -0.2) is 10.9 Å². The Kier molecular flexibility index (Phi) is 4.24. The first-order chi connectivity index (χ1) is 10.7. The van der Waals surface area contributed by atoms with Crippen LogP contribution in [0, 0.1) is 5.92 Å². The highest BCUT2D eigenvalue weighted by molar-refractivity contribution is 7.21. The summed E-state index contributed by atoms with van der Waals surface area (Å²) in [6.45, 7) is 4.33. The van der Waals surface area contributed by atoms with Gasteiger partial charge in [-0.2, -0.15) is 0 Å². The molecule has 1 unspecified atom stereocenters. The molecular formula is C17H18N2O2S. The first-order valence-electron chi connectivity index (χ1n) is 7.39. The Balaban J connectivity index is 1.72. The van der Waals surface area contributed by atoms with E-state index >= 15 is 0 Å². The molecule has 22 heavy (non-hydrogen) atoms. The fraction of sp³-hybridized carbons (Fsp3) is 0.294. The van der Waals surface area contributed by atoms with Gasteiger partial charge in [0.25, 0.3) is 0 Å². The SMILES string of the molecule is CCC(C)C(=O)NCc1ccc(-c2nc3ccccc3s2)o1. The highest BCUT2D eigenvalue weighted by atomic mass is 32.1. The van der Waals surface area contributed by atoms with Gasteiger partial charge in [-0.15, -0.1) is 11.3 Å². The topological polar surface area (TPSA) is 55.1 Å². The van der Waals surface area contributed by atoms with Crippen molar-refractivity contribution in [1.82, 2.24) is 10.3 Å². The predicted molar refractivity (Wildman–Crippen MR) is 88.6 cm³/mol. The average Bonchev–Trinajstić information content (AvgIpc) is 3.17.